The van der Waals surface area contributed by atoms with Gasteiger partial charge in [-0.15, -0.1) is 0 Å². The van der Waals surface area contributed by atoms with Crippen LogP contribution in [0, 0.1) is 5.92 Å². The minimum Gasteiger partial charge on any atom is -0.494 e. The third kappa shape index (κ3) is 7.42. The lowest BCUT2D eigenvalue weighted by atomic mass is 9.94. The second kappa shape index (κ2) is 11.7. The Kier molecular flexibility index (Phi) is 9.56. The van der Waals surface area contributed by atoms with Gasteiger partial charge in [-0.1, -0.05) is 82.1 Å². The molecule has 2 rings (SSSR count). The molecule has 0 atom stereocenters. The summed E-state index contributed by atoms with van der Waals surface area (Å²) in [6.07, 6.45) is 13.0. The summed E-state index contributed by atoms with van der Waals surface area (Å²) in [5.41, 5.74) is 1.48. The van der Waals surface area contributed by atoms with Crippen LogP contribution >= 0.6 is 0 Å². The van der Waals surface area contributed by atoms with Crippen LogP contribution < -0.4 is 4.74 Å². The van der Waals surface area contributed by atoms with Crippen molar-refractivity contribution in [2.75, 3.05) is 6.61 Å². The van der Waals surface area contributed by atoms with E-state index in [4.69, 9.17) is 4.74 Å². The molecule has 0 N–H and O–H groups in total. The maximum atomic E-state index is 5.53. The Morgan fingerprint density at radius 3 is 2.33 bits per heavy atom. The number of ether oxygens (including phenoxy) is 1. The van der Waals surface area contributed by atoms with Crippen molar-refractivity contribution in [3.63, 3.8) is 0 Å². The van der Waals surface area contributed by atoms with E-state index >= 15 is 0 Å². The molecule has 1 heterocycles. The van der Waals surface area contributed by atoms with Crippen molar-refractivity contribution in [1.29, 1.82) is 0 Å². The van der Waals surface area contributed by atoms with E-state index in [-0.39, 0.29) is 8.80 Å². The van der Waals surface area contributed by atoms with Crippen LogP contribution in [0.2, 0.25) is 18.1 Å². The zero-order chi connectivity index (χ0) is 17.0. The van der Waals surface area contributed by atoms with Gasteiger partial charge in [0.25, 0.3) is 0 Å². The average molecular weight is 347 g/mol. The third-order valence-electron chi connectivity index (χ3n) is 5.76. The highest BCUT2D eigenvalue weighted by atomic mass is 28.3. The van der Waals surface area contributed by atoms with Crippen LogP contribution in [0.1, 0.15) is 70.8 Å². The number of aryl methyl sites for hydroxylation is 1. The first-order valence-electron chi connectivity index (χ1n) is 10.5. The highest BCUT2D eigenvalue weighted by molar-refractivity contribution is 6.58. The number of hydrogen-bond acceptors (Lipinski definition) is 1. The zero-order valence-electron chi connectivity index (χ0n) is 16.1. The molecule has 24 heavy (non-hydrogen) atoms. The van der Waals surface area contributed by atoms with Crippen LogP contribution in [0.3, 0.4) is 0 Å². The fourth-order valence-electron chi connectivity index (χ4n) is 4.14. The first kappa shape index (κ1) is 19.6. The van der Waals surface area contributed by atoms with Crippen molar-refractivity contribution in [2.45, 2.75) is 89.8 Å². The molecule has 0 spiro atoms. The molecule has 1 saturated heterocycles. The molecule has 0 amide bonds. The Bertz CT molecular complexity index is 420. The van der Waals surface area contributed by atoms with Gasteiger partial charge in [0.1, 0.15) is 5.75 Å². The summed E-state index contributed by atoms with van der Waals surface area (Å²) >= 11 is 0. The fourth-order valence-corrected chi connectivity index (χ4v) is 7.75. The summed E-state index contributed by atoms with van der Waals surface area (Å²) < 4.78 is 5.53. The van der Waals surface area contributed by atoms with Crippen molar-refractivity contribution in [1.82, 2.24) is 0 Å². The van der Waals surface area contributed by atoms with E-state index in [1.54, 1.807) is 18.1 Å². The van der Waals surface area contributed by atoms with Crippen molar-refractivity contribution in [3.05, 3.63) is 29.8 Å². The number of benzene rings is 1. The van der Waals surface area contributed by atoms with Gasteiger partial charge in [-0.2, -0.15) is 0 Å². The van der Waals surface area contributed by atoms with Crippen LogP contribution in [-0.2, 0) is 6.42 Å². The Morgan fingerprint density at radius 2 is 1.67 bits per heavy atom. The number of hydrogen-bond donors (Lipinski definition) is 0. The highest BCUT2D eigenvalue weighted by Gasteiger charge is 2.21. The lowest BCUT2D eigenvalue weighted by Crippen LogP contribution is -2.21. The van der Waals surface area contributed by atoms with E-state index in [0.717, 1.165) is 18.3 Å². The highest BCUT2D eigenvalue weighted by Crippen LogP contribution is 2.31. The zero-order valence-corrected chi connectivity index (χ0v) is 17.2. The molecule has 0 unspecified atom stereocenters. The molecule has 0 aliphatic carbocycles. The molecule has 1 aliphatic heterocycles. The monoisotopic (exact) mass is 346 g/mol. The molecule has 136 valence electrons. The van der Waals surface area contributed by atoms with Crippen molar-refractivity contribution in [2.24, 2.45) is 5.92 Å². The minimum atomic E-state index is -0.346. The molecule has 0 saturated carbocycles. The normalized spacial score (nSPS) is 20.9. The molecule has 1 aromatic carbocycles. The van der Waals surface area contributed by atoms with Gasteiger partial charge < -0.3 is 4.74 Å². The number of unbranched alkanes of at least 4 members (excludes halogenated alkanes) is 4. The van der Waals surface area contributed by atoms with Crippen LogP contribution in [0.25, 0.3) is 0 Å². The Labute approximate surface area is 151 Å². The van der Waals surface area contributed by atoms with Gasteiger partial charge in [-0.3, -0.25) is 0 Å². The first-order valence-corrected chi connectivity index (χ1v) is 13.0. The van der Waals surface area contributed by atoms with E-state index in [9.17, 15) is 0 Å². The van der Waals surface area contributed by atoms with Crippen LogP contribution in [0.5, 0.6) is 5.75 Å². The predicted octanol–water partition coefficient (Wildman–Crippen LogP) is 6.63. The van der Waals surface area contributed by atoms with Gasteiger partial charge in [0, 0.05) is 8.80 Å². The van der Waals surface area contributed by atoms with Crippen LogP contribution in [-0.4, -0.2) is 15.4 Å². The minimum absolute atomic E-state index is 0.346. The maximum absolute atomic E-state index is 5.53. The van der Waals surface area contributed by atoms with Gasteiger partial charge in [-0.25, -0.2) is 0 Å². The lowest BCUT2D eigenvalue weighted by molar-refractivity contribution is 0.340. The molecule has 2 heteroatoms. The van der Waals surface area contributed by atoms with Gasteiger partial charge in [0.2, 0.25) is 0 Å². The molecule has 1 fully saturated rings. The maximum Gasteiger partial charge on any atom is 0.119 e. The Morgan fingerprint density at radius 1 is 0.958 bits per heavy atom. The second-order valence-corrected chi connectivity index (χ2v) is 11.2. The van der Waals surface area contributed by atoms with Crippen molar-refractivity contribution < 1.29 is 4.74 Å². The van der Waals surface area contributed by atoms with Crippen LogP contribution in [0.15, 0.2) is 24.3 Å². The Hall–Kier alpha value is -0.763. The van der Waals surface area contributed by atoms with Crippen molar-refractivity contribution in [3.8, 4) is 5.75 Å². The second-order valence-electron chi connectivity index (χ2n) is 7.71. The summed E-state index contributed by atoms with van der Waals surface area (Å²) in [7, 11) is -0.346. The van der Waals surface area contributed by atoms with E-state index in [1.807, 2.05) is 6.92 Å². The van der Waals surface area contributed by atoms with Crippen molar-refractivity contribution >= 4 is 8.80 Å². The lowest BCUT2D eigenvalue weighted by Gasteiger charge is -2.27. The largest absolute Gasteiger partial charge is 0.494 e. The fraction of sp³-hybridized carbons (Fsp3) is 0.727. The first-order chi connectivity index (χ1) is 11.8. The van der Waals surface area contributed by atoms with E-state index in [2.05, 4.69) is 31.2 Å². The summed E-state index contributed by atoms with van der Waals surface area (Å²) in [5, 5.41) is 0. The topological polar surface area (TPSA) is 9.23 Å². The average Bonchev–Trinajstić information content (AvgIpc) is 2.62. The molecular weight excluding hydrogens is 308 g/mol. The van der Waals surface area contributed by atoms with E-state index in [0.29, 0.717) is 0 Å². The number of rotatable bonds is 11. The standard InChI is InChI=1S/C22H38OSi/c1-3-5-6-7-8-17-24-18-15-21(16-19-24)10-9-20-11-13-22(14-12-20)23-4-2/h11-14,21,24H,3-10,15-19H2,1-2H3/t21-,24-. The van der Waals surface area contributed by atoms with Crippen LogP contribution in [0.4, 0.5) is 0 Å². The molecule has 0 aromatic heterocycles. The molecule has 1 nitrogen and oxygen atoms in total. The van der Waals surface area contributed by atoms with Gasteiger partial charge in [0.15, 0.2) is 0 Å². The Balaban J connectivity index is 1.57. The van der Waals surface area contributed by atoms with Gasteiger partial charge in [-0.05, 0) is 43.4 Å². The third-order valence-corrected chi connectivity index (χ3v) is 9.28. The van der Waals surface area contributed by atoms with Gasteiger partial charge in [0.05, 0.1) is 6.61 Å². The molecule has 1 aromatic rings. The van der Waals surface area contributed by atoms with Gasteiger partial charge >= 0.3 is 0 Å². The summed E-state index contributed by atoms with van der Waals surface area (Å²) in [5.74, 6) is 2.01. The SMILES string of the molecule is CCCCCCC[Si@H]1CC[C@H](CCc2ccc(OCC)cc2)CC1. The quantitative estimate of drug-likeness (QED) is 0.323. The smallest absolute Gasteiger partial charge is 0.119 e. The predicted molar refractivity (Wildman–Crippen MR) is 109 cm³/mol. The molecule has 1 aliphatic rings. The summed E-state index contributed by atoms with van der Waals surface area (Å²) in [6.45, 7) is 5.10. The molecule has 0 radical (unpaired) electrons. The molecule has 0 bridgehead atoms. The van der Waals surface area contributed by atoms with E-state index < -0.39 is 0 Å². The summed E-state index contributed by atoms with van der Waals surface area (Å²) in [4.78, 5) is 0. The molecular formula is C22H38OSi. The van der Waals surface area contributed by atoms with E-state index in [1.165, 1.54) is 63.4 Å². The summed E-state index contributed by atoms with van der Waals surface area (Å²) in [6, 6.07) is 13.6.